The number of phenolic OH excluding ortho intramolecular Hbond substituents is 1. The molecule has 0 radical (unpaired) electrons. The average molecular weight is 363 g/mol. The Balaban J connectivity index is 1.61. The summed E-state index contributed by atoms with van der Waals surface area (Å²) in [5.41, 5.74) is 3.77. The Morgan fingerprint density at radius 3 is 2.67 bits per heavy atom. The van der Waals surface area contributed by atoms with Crippen LogP contribution in [0, 0.1) is 0 Å². The number of amides is 1. The predicted octanol–water partition coefficient (Wildman–Crippen LogP) is 3.50. The van der Waals surface area contributed by atoms with Gasteiger partial charge in [-0.05, 0) is 48.0 Å². The monoisotopic (exact) mass is 363 g/mol. The van der Waals surface area contributed by atoms with Crippen LogP contribution in [0.1, 0.15) is 12.5 Å². The number of anilines is 1. The largest absolute Gasteiger partial charge is 0.507 e. The van der Waals surface area contributed by atoms with Crippen molar-refractivity contribution in [3.63, 3.8) is 0 Å². The van der Waals surface area contributed by atoms with Gasteiger partial charge in [-0.3, -0.25) is 4.79 Å². The summed E-state index contributed by atoms with van der Waals surface area (Å²) < 4.78 is 5.10. The lowest BCUT2D eigenvalue weighted by molar-refractivity contribution is -0.121. The van der Waals surface area contributed by atoms with Crippen LogP contribution in [0.4, 0.5) is 5.69 Å². The first-order chi connectivity index (χ1) is 13.1. The molecule has 0 unspecified atom stereocenters. The van der Waals surface area contributed by atoms with Gasteiger partial charge in [0.15, 0.2) is 0 Å². The highest BCUT2D eigenvalue weighted by molar-refractivity contribution is 5.89. The number of hydrazone groups is 1. The zero-order chi connectivity index (χ0) is 19.2. The van der Waals surface area contributed by atoms with Gasteiger partial charge in [-0.2, -0.15) is 5.10 Å². The quantitative estimate of drug-likeness (QED) is 0.462. The molecule has 0 aliphatic heterocycles. The van der Waals surface area contributed by atoms with Crippen molar-refractivity contribution in [1.82, 2.24) is 5.43 Å². The fourth-order valence-electron chi connectivity index (χ4n) is 2.62. The van der Waals surface area contributed by atoms with Crippen molar-refractivity contribution >= 4 is 28.6 Å². The van der Waals surface area contributed by atoms with Gasteiger partial charge < -0.3 is 15.2 Å². The molecule has 0 aliphatic carbocycles. The predicted molar refractivity (Wildman–Crippen MR) is 107 cm³/mol. The van der Waals surface area contributed by atoms with Gasteiger partial charge in [-0.1, -0.05) is 30.3 Å². The third-order valence-corrected chi connectivity index (χ3v) is 4.14. The SMILES string of the molecule is COc1ccc(O)c(/C=N\NC(=O)[C@@H](C)Nc2ccc3ccccc3c2)c1. The molecular weight excluding hydrogens is 342 g/mol. The van der Waals surface area contributed by atoms with Crippen LogP contribution in [-0.4, -0.2) is 30.4 Å². The van der Waals surface area contributed by atoms with E-state index in [9.17, 15) is 9.90 Å². The second-order valence-corrected chi connectivity index (χ2v) is 6.09. The third-order valence-electron chi connectivity index (χ3n) is 4.14. The topological polar surface area (TPSA) is 83.0 Å². The normalized spacial score (nSPS) is 12.1. The molecule has 3 aromatic carbocycles. The van der Waals surface area contributed by atoms with E-state index in [1.165, 1.54) is 19.4 Å². The molecule has 6 heteroatoms. The van der Waals surface area contributed by atoms with Gasteiger partial charge in [0, 0.05) is 11.3 Å². The number of ether oxygens (including phenoxy) is 1. The first-order valence-corrected chi connectivity index (χ1v) is 8.52. The molecule has 6 nitrogen and oxygen atoms in total. The summed E-state index contributed by atoms with van der Waals surface area (Å²) in [5.74, 6) is 0.352. The molecule has 0 bridgehead atoms. The van der Waals surface area contributed by atoms with Gasteiger partial charge in [-0.25, -0.2) is 5.43 Å². The van der Waals surface area contributed by atoms with E-state index in [0.29, 0.717) is 11.3 Å². The van der Waals surface area contributed by atoms with Crippen LogP contribution < -0.4 is 15.5 Å². The number of carbonyl (C=O) groups excluding carboxylic acids is 1. The van der Waals surface area contributed by atoms with Crippen molar-refractivity contribution in [2.75, 3.05) is 12.4 Å². The Morgan fingerprint density at radius 2 is 1.89 bits per heavy atom. The molecular formula is C21H21N3O3. The molecule has 3 N–H and O–H groups in total. The first-order valence-electron chi connectivity index (χ1n) is 8.52. The van der Waals surface area contributed by atoms with Crippen molar-refractivity contribution in [2.45, 2.75) is 13.0 Å². The van der Waals surface area contributed by atoms with Crippen LogP contribution in [0.3, 0.4) is 0 Å². The zero-order valence-corrected chi connectivity index (χ0v) is 15.1. The fourth-order valence-corrected chi connectivity index (χ4v) is 2.62. The number of fused-ring (bicyclic) bond motifs is 1. The number of aromatic hydroxyl groups is 1. The summed E-state index contributed by atoms with van der Waals surface area (Å²) in [6.45, 7) is 1.75. The molecule has 138 valence electrons. The Morgan fingerprint density at radius 1 is 1.11 bits per heavy atom. The highest BCUT2D eigenvalue weighted by Crippen LogP contribution is 2.21. The standard InChI is InChI=1S/C21H21N3O3/c1-14(23-18-8-7-15-5-3-4-6-16(15)11-18)21(26)24-22-13-17-12-19(27-2)9-10-20(17)25/h3-14,23,25H,1-2H3,(H,24,26)/b22-13-/t14-/m1/s1. The van der Waals surface area contributed by atoms with E-state index < -0.39 is 6.04 Å². The minimum Gasteiger partial charge on any atom is -0.507 e. The van der Waals surface area contributed by atoms with Crippen molar-refractivity contribution in [3.05, 3.63) is 66.2 Å². The van der Waals surface area contributed by atoms with Gasteiger partial charge >= 0.3 is 0 Å². The number of benzene rings is 3. The molecule has 0 aromatic heterocycles. The Labute approximate surface area is 157 Å². The number of carbonyl (C=O) groups is 1. The maximum Gasteiger partial charge on any atom is 0.262 e. The van der Waals surface area contributed by atoms with Crippen molar-refractivity contribution in [2.24, 2.45) is 5.10 Å². The molecule has 0 saturated carbocycles. The van der Waals surface area contributed by atoms with Crippen LogP contribution in [-0.2, 0) is 4.79 Å². The molecule has 0 saturated heterocycles. The zero-order valence-electron chi connectivity index (χ0n) is 15.1. The smallest absolute Gasteiger partial charge is 0.262 e. The molecule has 0 fully saturated rings. The average Bonchev–Trinajstić information content (AvgIpc) is 2.69. The van der Waals surface area contributed by atoms with Crippen molar-refractivity contribution < 1.29 is 14.6 Å². The number of hydrogen-bond acceptors (Lipinski definition) is 5. The summed E-state index contributed by atoms with van der Waals surface area (Å²) in [4.78, 5) is 12.2. The van der Waals surface area contributed by atoms with Crippen molar-refractivity contribution in [1.29, 1.82) is 0 Å². The molecule has 0 aliphatic rings. The summed E-state index contributed by atoms with van der Waals surface area (Å²) >= 11 is 0. The van der Waals surface area contributed by atoms with E-state index in [1.807, 2.05) is 42.5 Å². The van der Waals surface area contributed by atoms with Gasteiger partial charge in [0.1, 0.15) is 17.5 Å². The Hall–Kier alpha value is -3.54. The first kappa shape index (κ1) is 18.3. The highest BCUT2D eigenvalue weighted by Gasteiger charge is 2.12. The molecule has 1 amide bonds. The summed E-state index contributed by atoms with van der Waals surface area (Å²) in [7, 11) is 1.54. The molecule has 3 rings (SSSR count). The van der Waals surface area contributed by atoms with Crippen LogP contribution in [0.15, 0.2) is 65.8 Å². The number of nitrogens with one attached hydrogen (secondary N) is 2. The van der Waals surface area contributed by atoms with Crippen LogP contribution in [0.5, 0.6) is 11.5 Å². The van der Waals surface area contributed by atoms with E-state index in [4.69, 9.17) is 4.74 Å². The number of methoxy groups -OCH3 is 1. The maximum absolute atomic E-state index is 12.2. The lowest BCUT2D eigenvalue weighted by Gasteiger charge is -2.14. The van der Waals surface area contributed by atoms with E-state index in [0.717, 1.165) is 16.5 Å². The second kappa shape index (κ2) is 8.23. The minimum absolute atomic E-state index is 0.0520. The number of hydrogen-bond donors (Lipinski definition) is 3. The Kier molecular flexibility index (Phi) is 5.56. The number of rotatable bonds is 6. The molecule has 3 aromatic rings. The second-order valence-electron chi connectivity index (χ2n) is 6.09. The number of phenols is 1. The van der Waals surface area contributed by atoms with E-state index in [-0.39, 0.29) is 11.7 Å². The van der Waals surface area contributed by atoms with E-state index in [2.05, 4.69) is 15.8 Å². The lowest BCUT2D eigenvalue weighted by Crippen LogP contribution is -2.34. The Bertz CT molecular complexity index is 985. The number of nitrogens with zero attached hydrogens (tertiary/aromatic N) is 1. The van der Waals surface area contributed by atoms with E-state index in [1.54, 1.807) is 19.1 Å². The van der Waals surface area contributed by atoms with E-state index >= 15 is 0 Å². The summed E-state index contributed by atoms with van der Waals surface area (Å²) in [6.07, 6.45) is 1.37. The van der Waals surface area contributed by atoms with Gasteiger partial charge in [0.25, 0.3) is 5.91 Å². The summed E-state index contributed by atoms with van der Waals surface area (Å²) in [5, 5.41) is 19.1. The molecule has 27 heavy (non-hydrogen) atoms. The van der Waals surface area contributed by atoms with Gasteiger partial charge in [-0.15, -0.1) is 0 Å². The van der Waals surface area contributed by atoms with Gasteiger partial charge in [0.05, 0.1) is 13.3 Å². The van der Waals surface area contributed by atoms with Crippen LogP contribution in [0.2, 0.25) is 0 Å². The van der Waals surface area contributed by atoms with Crippen LogP contribution in [0.25, 0.3) is 10.8 Å². The third kappa shape index (κ3) is 4.55. The van der Waals surface area contributed by atoms with Crippen LogP contribution >= 0.6 is 0 Å². The molecule has 0 spiro atoms. The van der Waals surface area contributed by atoms with Crippen molar-refractivity contribution in [3.8, 4) is 11.5 Å². The van der Waals surface area contributed by atoms with Gasteiger partial charge in [0.2, 0.25) is 0 Å². The molecule has 1 atom stereocenters. The highest BCUT2D eigenvalue weighted by atomic mass is 16.5. The molecule has 0 heterocycles. The fraction of sp³-hybridized carbons (Fsp3) is 0.143. The lowest BCUT2D eigenvalue weighted by atomic mass is 10.1. The minimum atomic E-state index is -0.484. The summed E-state index contributed by atoms with van der Waals surface area (Å²) in [6, 6.07) is 18.3. The maximum atomic E-state index is 12.2.